The summed E-state index contributed by atoms with van der Waals surface area (Å²) in [6.07, 6.45) is 1.78. The summed E-state index contributed by atoms with van der Waals surface area (Å²) in [4.78, 5) is 4.19. The van der Waals surface area contributed by atoms with Gasteiger partial charge in [-0.25, -0.2) is 4.98 Å². The van der Waals surface area contributed by atoms with Crippen molar-refractivity contribution in [2.24, 2.45) is 0 Å². The van der Waals surface area contributed by atoms with Crippen LogP contribution in [0.1, 0.15) is 6.92 Å². The fourth-order valence-corrected chi connectivity index (χ4v) is 1.36. The highest BCUT2D eigenvalue weighted by Gasteiger charge is 1.96. The molecule has 0 bridgehead atoms. The molecule has 1 heterocycles. The Hall–Kier alpha value is -0.610. The number of pyridine rings is 1. The lowest BCUT2D eigenvalue weighted by Crippen LogP contribution is -2.21. The van der Waals surface area contributed by atoms with Crippen molar-refractivity contribution in [2.75, 3.05) is 25.0 Å². The molecule has 13 heavy (non-hydrogen) atoms. The Bertz CT molecular complexity index is 252. The molecule has 0 radical (unpaired) electrons. The lowest BCUT2D eigenvalue weighted by Gasteiger charge is -2.06. The van der Waals surface area contributed by atoms with Crippen LogP contribution < -0.4 is 10.6 Å². The third-order valence-corrected chi connectivity index (χ3v) is 2.24. The maximum atomic E-state index is 4.19. The fraction of sp³-hybridized carbons (Fsp3) is 0.444. The number of halogens is 1. The predicted octanol–water partition coefficient (Wildman–Crippen LogP) is 1.87. The Labute approximate surface area is 87.1 Å². The first-order chi connectivity index (χ1) is 6.34. The van der Waals surface area contributed by atoms with Gasteiger partial charge in [-0.3, -0.25) is 0 Å². The van der Waals surface area contributed by atoms with E-state index in [0.29, 0.717) is 0 Å². The second-order valence-corrected chi connectivity index (χ2v) is 3.47. The average Bonchev–Trinajstić information content (AvgIpc) is 2.15. The van der Waals surface area contributed by atoms with Crippen LogP contribution in [0.15, 0.2) is 22.8 Å². The van der Waals surface area contributed by atoms with Gasteiger partial charge in [0.2, 0.25) is 0 Å². The van der Waals surface area contributed by atoms with Gasteiger partial charge in [0.25, 0.3) is 0 Å². The second-order valence-electron chi connectivity index (χ2n) is 2.61. The van der Waals surface area contributed by atoms with E-state index in [1.54, 1.807) is 6.20 Å². The van der Waals surface area contributed by atoms with E-state index in [9.17, 15) is 0 Å². The standard InChI is InChI=1S/C9H14BrN3/c1-2-11-6-7-13-9-8(10)4-3-5-12-9/h3-5,11H,2,6-7H2,1H3,(H,12,13). The molecule has 0 amide bonds. The van der Waals surface area contributed by atoms with E-state index in [2.05, 4.69) is 38.5 Å². The van der Waals surface area contributed by atoms with E-state index < -0.39 is 0 Å². The summed E-state index contributed by atoms with van der Waals surface area (Å²) in [5.41, 5.74) is 0. The van der Waals surface area contributed by atoms with Gasteiger partial charge in [0.15, 0.2) is 0 Å². The molecule has 0 atom stereocenters. The van der Waals surface area contributed by atoms with Crippen molar-refractivity contribution in [3.05, 3.63) is 22.8 Å². The van der Waals surface area contributed by atoms with E-state index in [1.807, 2.05) is 12.1 Å². The third kappa shape index (κ3) is 3.74. The number of rotatable bonds is 5. The zero-order valence-corrected chi connectivity index (χ0v) is 9.26. The maximum Gasteiger partial charge on any atom is 0.140 e. The van der Waals surface area contributed by atoms with Gasteiger partial charge in [0.1, 0.15) is 5.82 Å². The van der Waals surface area contributed by atoms with Crippen molar-refractivity contribution >= 4 is 21.7 Å². The van der Waals surface area contributed by atoms with Gasteiger partial charge in [-0.05, 0) is 34.6 Å². The van der Waals surface area contributed by atoms with Crippen LogP contribution in [-0.2, 0) is 0 Å². The summed E-state index contributed by atoms with van der Waals surface area (Å²) in [6, 6.07) is 3.88. The second kappa shape index (κ2) is 5.94. The Morgan fingerprint density at radius 2 is 2.31 bits per heavy atom. The maximum absolute atomic E-state index is 4.19. The van der Waals surface area contributed by atoms with Gasteiger partial charge in [-0.2, -0.15) is 0 Å². The number of aromatic nitrogens is 1. The molecule has 4 heteroatoms. The molecule has 0 aliphatic heterocycles. The van der Waals surface area contributed by atoms with E-state index in [0.717, 1.165) is 29.9 Å². The van der Waals surface area contributed by atoms with Crippen LogP contribution in [0.5, 0.6) is 0 Å². The van der Waals surface area contributed by atoms with Crippen molar-refractivity contribution in [3.63, 3.8) is 0 Å². The highest BCUT2D eigenvalue weighted by molar-refractivity contribution is 9.10. The Morgan fingerprint density at radius 3 is 3.00 bits per heavy atom. The van der Waals surface area contributed by atoms with Gasteiger partial charge in [0.05, 0.1) is 4.47 Å². The molecule has 1 aromatic rings. The lowest BCUT2D eigenvalue weighted by atomic mass is 10.4. The average molecular weight is 244 g/mol. The topological polar surface area (TPSA) is 37.0 Å². The summed E-state index contributed by atoms with van der Waals surface area (Å²) in [5.74, 6) is 0.903. The van der Waals surface area contributed by atoms with Gasteiger partial charge in [-0.1, -0.05) is 6.92 Å². The SMILES string of the molecule is CCNCCNc1ncccc1Br. The van der Waals surface area contributed by atoms with Crippen molar-refractivity contribution in [3.8, 4) is 0 Å². The summed E-state index contributed by atoms with van der Waals surface area (Å²) < 4.78 is 1.01. The number of nitrogens with zero attached hydrogens (tertiary/aromatic N) is 1. The van der Waals surface area contributed by atoms with Crippen LogP contribution in [0.4, 0.5) is 5.82 Å². The molecule has 0 unspecified atom stereocenters. The molecule has 0 saturated carbocycles. The highest BCUT2D eigenvalue weighted by Crippen LogP contribution is 2.17. The Balaban J connectivity index is 2.32. The zero-order chi connectivity index (χ0) is 9.52. The highest BCUT2D eigenvalue weighted by atomic mass is 79.9. The fourth-order valence-electron chi connectivity index (χ4n) is 0.962. The first kappa shape index (κ1) is 10.5. The minimum Gasteiger partial charge on any atom is -0.368 e. The lowest BCUT2D eigenvalue weighted by molar-refractivity contribution is 0.737. The van der Waals surface area contributed by atoms with Crippen molar-refractivity contribution in [2.45, 2.75) is 6.92 Å². The molecular formula is C9H14BrN3. The summed E-state index contributed by atoms with van der Waals surface area (Å²) >= 11 is 3.42. The van der Waals surface area contributed by atoms with E-state index in [1.165, 1.54) is 0 Å². The molecule has 0 aromatic carbocycles. The number of hydrogen-bond donors (Lipinski definition) is 2. The van der Waals surface area contributed by atoms with E-state index in [-0.39, 0.29) is 0 Å². The molecule has 3 nitrogen and oxygen atoms in total. The van der Waals surface area contributed by atoms with Crippen molar-refractivity contribution in [1.82, 2.24) is 10.3 Å². The van der Waals surface area contributed by atoms with Crippen LogP contribution in [0.2, 0.25) is 0 Å². The molecule has 1 aromatic heterocycles. The largest absolute Gasteiger partial charge is 0.368 e. The van der Waals surface area contributed by atoms with Crippen LogP contribution in [0.25, 0.3) is 0 Å². The number of nitrogens with one attached hydrogen (secondary N) is 2. The van der Waals surface area contributed by atoms with Gasteiger partial charge < -0.3 is 10.6 Å². The first-order valence-electron chi connectivity index (χ1n) is 4.39. The molecule has 0 saturated heterocycles. The summed E-state index contributed by atoms with van der Waals surface area (Å²) in [7, 11) is 0. The minimum absolute atomic E-state index is 0.892. The van der Waals surface area contributed by atoms with Crippen LogP contribution in [0, 0.1) is 0 Å². The number of hydrogen-bond acceptors (Lipinski definition) is 3. The van der Waals surface area contributed by atoms with Gasteiger partial charge in [-0.15, -0.1) is 0 Å². The smallest absolute Gasteiger partial charge is 0.140 e. The van der Waals surface area contributed by atoms with Crippen molar-refractivity contribution < 1.29 is 0 Å². The van der Waals surface area contributed by atoms with Crippen LogP contribution >= 0.6 is 15.9 Å². The van der Waals surface area contributed by atoms with E-state index in [4.69, 9.17) is 0 Å². The summed E-state index contributed by atoms with van der Waals surface area (Å²) in [5, 5.41) is 6.46. The molecule has 0 aliphatic carbocycles. The molecule has 0 fully saturated rings. The van der Waals surface area contributed by atoms with Crippen LogP contribution in [-0.4, -0.2) is 24.6 Å². The Kier molecular flexibility index (Phi) is 4.78. The quantitative estimate of drug-likeness (QED) is 0.776. The zero-order valence-electron chi connectivity index (χ0n) is 7.68. The third-order valence-electron chi connectivity index (χ3n) is 1.60. The minimum atomic E-state index is 0.892. The first-order valence-corrected chi connectivity index (χ1v) is 5.19. The predicted molar refractivity (Wildman–Crippen MR) is 59.0 cm³/mol. The molecule has 72 valence electrons. The normalized spacial score (nSPS) is 10.0. The van der Waals surface area contributed by atoms with Crippen LogP contribution in [0.3, 0.4) is 0 Å². The van der Waals surface area contributed by atoms with Gasteiger partial charge >= 0.3 is 0 Å². The number of likely N-dealkylation sites (N-methyl/N-ethyl adjacent to an activating group) is 1. The molecule has 0 aliphatic rings. The van der Waals surface area contributed by atoms with Crippen molar-refractivity contribution in [1.29, 1.82) is 0 Å². The molecular weight excluding hydrogens is 230 g/mol. The molecule has 2 N–H and O–H groups in total. The van der Waals surface area contributed by atoms with Gasteiger partial charge in [0, 0.05) is 19.3 Å². The monoisotopic (exact) mass is 243 g/mol. The summed E-state index contributed by atoms with van der Waals surface area (Å²) in [6.45, 7) is 4.95. The Morgan fingerprint density at radius 1 is 1.46 bits per heavy atom. The molecule has 1 rings (SSSR count). The van der Waals surface area contributed by atoms with E-state index >= 15 is 0 Å². The molecule has 0 spiro atoms. The number of anilines is 1.